The molecule has 2 aromatic carbocycles. The minimum atomic E-state index is -3.83. The first-order valence-electron chi connectivity index (χ1n) is 7.39. The number of hydrogen-bond donors (Lipinski definition) is 1. The van der Waals surface area contributed by atoms with E-state index < -0.39 is 15.9 Å². The molecule has 25 heavy (non-hydrogen) atoms. The van der Waals surface area contributed by atoms with E-state index in [1.807, 2.05) is 0 Å². The van der Waals surface area contributed by atoms with E-state index in [1.54, 1.807) is 36.4 Å². The Morgan fingerprint density at radius 1 is 1.16 bits per heavy atom. The van der Waals surface area contributed by atoms with Gasteiger partial charge in [0, 0.05) is 22.0 Å². The van der Waals surface area contributed by atoms with Crippen LogP contribution in [0.15, 0.2) is 57.9 Å². The third-order valence-corrected chi connectivity index (χ3v) is 6.76. The molecule has 0 aliphatic rings. The lowest BCUT2D eigenvalue weighted by Gasteiger charge is -2.12. The van der Waals surface area contributed by atoms with Crippen molar-refractivity contribution >= 4 is 54.4 Å². The number of carbonyl (C=O) groups is 1. The zero-order valence-corrected chi connectivity index (χ0v) is 16.1. The van der Waals surface area contributed by atoms with Gasteiger partial charge in [0.15, 0.2) is 0 Å². The lowest BCUT2D eigenvalue weighted by molar-refractivity contribution is -0.118. The van der Waals surface area contributed by atoms with Crippen LogP contribution in [0.1, 0.15) is 12.1 Å². The number of hydrogen-bond acceptors (Lipinski definition) is 3. The van der Waals surface area contributed by atoms with E-state index in [9.17, 15) is 13.2 Å². The first-order valence-corrected chi connectivity index (χ1v) is 10.00. The van der Waals surface area contributed by atoms with Gasteiger partial charge in [-0.25, -0.2) is 12.4 Å². The van der Waals surface area contributed by atoms with E-state index in [4.69, 9.17) is 17.3 Å². The van der Waals surface area contributed by atoms with Crippen molar-refractivity contribution in [2.45, 2.75) is 17.7 Å². The molecule has 3 aromatic rings. The number of aromatic nitrogens is 1. The van der Waals surface area contributed by atoms with E-state index in [2.05, 4.69) is 15.9 Å². The topological polar surface area (TPSA) is 82.2 Å². The van der Waals surface area contributed by atoms with Crippen LogP contribution in [-0.2, 0) is 21.2 Å². The fourth-order valence-corrected chi connectivity index (χ4v) is 4.73. The van der Waals surface area contributed by atoms with Gasteiger partial charge in [0.05, 0.1) is 15.4 Å². The fraction of sp³-hybridized carbons (Fsp3) is 0.118. The van der Waals surface area contributed by atoms with Crippen LogP contribution in [0.25, 0.3) is 10.9 Å². The van der Waals surface area contributed by atoms with Crippen LogP contribution in [0.3, 0.4) is 0 Å². The Bertz CT molecular complexity index is 1060. The van der Waals surface area contributed by atoms with Gasteiger partial charge in [-0.1, -0.05) is 29.8 Å². The highest BCUT2D eigenvalue weighted by molar-refractivity contribution is 9.10. The quantitative estimate of drug-likeness (QED) is 0.655. The van der Waals surface area contributed by atoms with Gasteiger partial charge in [-0.15, -0.1) is 0 Å². The number of amides is 1. The standard InChI is InChI=1S/C17H14BrClN2O3S/c18-14-10-16-11(9-15(14)19)8-12(6-7-17(20)22)21(16)25(23,24)13-4-2-1-3-5-13/h1-5,8-10H,6-7H2,(H2,20,22). The Kier molecular flexibility index (Phi) is 4.90. The van der Waals surface area contributed by atoms with Crippen LogP contribution in [0.4, 0.5) is 0 Å². The van der Waals surface area contributed by atoms with Gasteiger partial charge >= 0.3 is 0 Å². The van der Waals surface area contributed by atoms with E-state index in [1.165, 1.54) is 16.1 Å². The molecule has 0 spiro atoms. The van der Waals surface area contributed by atoms with E-state index in [0.29, 0.717) is 26.1 Å². The third-order valence-electron chi connectivity index (χ3n) is 3.78. The second kappa shape index (κ2) is 6.82. The summed E-state index contributed by atoms with van der Waals surface area (Å²) in [5.74, 6) is -0.492. The summed E-state index contributed by atoms with van der Waals surface area (Å²) in [4.78, 5) is 11.3. The molecule has 130 valence electrons. The lowest BCUT2D eigenvalue weighted by Crippen LogP contribution is -2.18. The minimum Gasteiger partial charge on any atom is -0.370 e. The van der Waals surface area contributed by atoms with Crippen LogP contribution in [0.5, 0.6) is 0 Å². The molecular formula is C17H14BrClN2O3S. The monoisotopic (exact) mass is 440 g/mol. The number of carbonyl (C=O) groups excluding carboxylic acids is 1. The number of fused-ring (bicyclic) bond motifs is 1. The summed E-state index contributed by atoms with van der Waals surface area (Å²) in [7, 11) is -3.83. The van der Waals surface area contributed by atoms with E-state index >= 15 is 0 Å². The summed E-state index contributed by atoms with van der Waals surface area (Å²) in [6.07, 6.45) is 0.265. The Morgan fingerprint density at radius 3 is 2.48 bits per heavy atom. The van der Waals surface area contributed by atoms with Crippen LogP contribution in [0.2, 0.25) is 5.02 Å². The second-order valence-corrected chi connectivity index (χ2v) is 8.56. The Hall–Kier alpha value is -1.83. The normalized spacial score (nSPS) is 11.8. The molecule has 1 aromatic heterocycles. The highest BCUT2D eigenvalue weighted by Crippen LogP contribution is 2.33. The molecule has 1 heterocycles. The molecular weight excluding hydrogens is 428 g/mol. The maximum absolute atomic E-state index is 13.2. The van der Waals surface area contributed by atoms with Gasteiger partial charge in [-0.05, 0) is 52.7 Å². The summed E-state index contributed by atoms with van der Waals surface area (Å²) < 4.78 is 28.2. The predicted molar refractivity (Wildman–Crippen MR) is 101 cm³/mol. The number of nitrogens with two attached hydrogens (primary N) is 1. The number of rotatable bonds is 5. The molecule has 0 aliphatic carbocycles. The van der Waals surface area contributed by atoms with Gasteiger partial charge in [0.25, 0.3) is 10.0 Å². The maximum atomic E-state index is 13.2. The number of halogens is 2. The number of nitrogens with zero attached hydrogens (tertiary/aromatic N) is 1. The molecule has 0 radical (unpaired) electrons. The largest absolute Gasteiger partial charge is 0.370 e. The molecule has 0 atom stereocenters. The van der Waals surface area contributed by atoms with Crippen molar-refractivity contribution in [1.82, 2.24) is 3.97 Å². The van der Waals surface area contributed by atoms with Gasteiger partial charge in [0.1, 0.15) is 0 Å². The fourth-order valence-electron chi connectivity index (χ4n) is 2.64. The van der Waals surface area contributed by atoms with E-state index in [0.717, 1.165) is 0 Å². The van der Waals surface area contributed by atoms with Crippen LogP contribution in [-0.4, -0.2) is 18.3 Å². The van der Waals surface area contributed by atoms with Crippen LogP contribution in [0, 0.1) is 0 Å². The highest BCUT2D eigenvalue weighted by atomic mass is 79.9. The predicted octanol–water partition coefficient (Wildman–Crippen LogP) is 3.71. The molecule has 8 heteroatoms. The van der Waals surface area contributed by atoms with Crippen molar-refractivity contribution in [3.63, 3.8) is 0 Å². The van der Waals surface area contributed by atoms with E-state index in [-0.39, 0.29) is 17.7 Å². The molecule has 0 saturated heterocycles. The molecule has 0 aliphatic heterocycles. The third kappa shape index (κ3) is 3.44. The summed E-state index contributed by atoms with van der Waals surface area (Å²) in [6.45, 7) is 0. The molecule has 5 nitrogen and oxygen atoms in total. The first-order chi connectivity index (χ1) is 11.8. The van der Waals surface area contributed by atoms with Crippen molar-refractivity contribution in [2.75, 3.05) is 0 Å². The Morgan fingerprint density at radius 2 is 1.84 bits per heavy atom. The molecule has 0 saturated carbocycles. The molecule has 2 N–H and O–H groups in total. The van der Waals surface area contributed by atoms with Gasteiger partial charge in [-0.2, -0.15) is 0 Å². The van der Waals surface area contributed by atoms with Crippen molar-refractivity contribution < 1.29 is 13.2 Å². The average Bonchev–Trinajstić information content (AvgIpc) is 2.92. The Balaban J connectivity index is 2.28. The zero-order chi connectivity index (χ0) is 18.2. The zero-order valence-electron chi connectivity index (χ0n) is 12.9. The molecule has 0 fully saturated rings. The van der Waals surface area contributed by atoms with Gasteiger partial charge < -0.3 is 5.73 Å². The SMILES string of the molecule is NC(=O)CCc1cc2cc(Cl)c(Br)cc2n1S(=O)(=O)c1ccccc1. The minimum absolute atomic E-state index is 0.0511. The summed E-state index contributed by atoms with van der Waals surface area (Å²) in [6, 6.07) is 13.2. The number of primary amides is 1. The van der Waals surface area contributed by atoms with Crippen molar-refractivity contribution in [3.8, 4) is 0 Å². The van der Waals surface area contributed by atoms with Crippen molar-refractivity contribution in [1.29, 1.82) is 0 Å². The second-order valence-electron chi connectivity index (χ2n) is 5.51. The summed E-state index contributed by atoms with van der Waals surface area (Å²) in [5.41, 5.74) is 6.19. The maximum Gasteiger partial charge on any atom is 0.268 e. The first kappa shape index (κ1) is 18.0. The summed E-state index contributed by atoms with van der Waals surface area (Å²) >= 11 is 9.46. The molecule has 0 unspecified atom stereocenters. The average molecular weight is 442 g/mol. The number of aryl methyl sites for hydroxylation is 1. The molecule has 3 rings (SSSR count). The van der Waals surface area contributed by atoms with Gasteiger partial charge in [-0.3, -0.25) is 4.79 Å². The molecule has 0 bridgehead atoms. The summed E-state index contributed by atoms with van der Waals surface area (Å²) in [5, 5.41) is 1.15. The smallest absolute Gasteiger partial charge is 0.268 e. The van der Waals surface area contributed by atoms with Crippen LogP contribution < -0.4 is 5.73 Å². The number of benzene rings is 2. The Labute approximate surface area is 158 Å². The van der Waals surface area contributed by atoms with Crippen molar-refractivity contribution in [2.24, 2.45) is 5.73 Å². The highest BCUT2D eigenvalue weighted by Gasteiger charge is 2.23. The molecule has 1 amide bonds. The lowest BCUT2D eigenvalue weighted by atomic mass is 10.2. The van der Waals surface area contributed by atoms with Crippen molar-refractivity contribution in [3.05, 3.63) is 63.7 Å². The van der Waals surface area contributed by atoms with Gasteiger partial charge in [0.2, 0.25) is 5.91 Å². The van der Waals surface area contributed by atoms with Crippen LogP contribution >= 0.6 is 27.5 Å².